The fraction of sp³-hybridized carbons (Fsp3) is 0.438. The molecule has 2 aromatic rings. The number of nitrogens with zero attached hydrogens (tertiary/aromatic N) is 4. The van der Waals surface area contributed by atoms with E-state index in [1.807, 2.05) is 0 Å². The zero-order valence-electron chi connectivity index (χ0n) is 12.9. The van der Waals surface area contributed by atoms with Crippen molar-refractivity contribution in [2.45, 2.75) is 19.3 Å². The number of carbonyl (C=O) groups is 1. The molecular weight excluding hydrogens is 302 g/mol. The Labute approximate surface area is 132 Å². The van der Waals surface area contributed by atoms with Gasteiger partial charge in [0.1, 0.15) is 18.0 Å². The van der Waals surface area contributed by atoms with E-state index in [9.17, 15) is 13.6 Å². The molecule has 0 unspecified atom stereocenters. The van der Waals surface area contributed by atoms with Gasteiger partial charge < -0.3 is 4.90 Å². The molecule has 0 atom stereocenters. The Bertz CT molecular complexity index is 708. The van der Waals surface area contributed by atoms with Crippen molar-refractivity contribution in [2.24, 2.45) is 13.0 Å². The van der Waals surface area contributed by atoms with E-state index in [0.29, 0.717) is 25.1 Å². The van der Waals surface area contributed by atoms with Gasteiger partial charge in [-0.1, -0.05) is 0 Å². The number of benzene rings is 1. The summed E-state index contributed by atoms with van der Waals surface area (Å²) < 4.78 is 28.4. The van der Waals surface area contributed by atoms with Gasteiger partial charge in [0.05, 0.1) is 0 Å². The van der Waals surface area contributed by atoms with Crippen molar-refractivity contribution in [3.05, 3.63) is 47.5 Å². The molecule has 1 aromatic carbocycles. The minimum Gasteiger partial charge on any atom is -0.336 e. The zero-order chi connectivity index (χ0) is 16.4. The highest BCUT2D eigenvalue weighted by atomic mass is 19.1. The first-order valence-corrected chi connectivity index (χ1v) is 7.62. The van der Waals surface area contributed by atoms with E-state index in [2.05, 4.69) is 10.1 Å². The molecule has 0 aliphatic carbocycles. The third-order valence-corrected chi connectivity index (χ3v) is 4.21. The molecule has 1 aromatic heterocycles. The SMILES string of the molecule is Cn1cnc(C(=O)N2CCC(Cc3cc(F)ccc3F)CC2)n1. The van der Waals surface area contributed by atoms with Gasteiger partial charge in [-0.3, -0.25) is 9.48 Å². The van der Waals surface area contributed by atoms with Crippen molar-refractivity contribution >= 4 is 5.91 Å². The molecule has 1 amide bonds. The molecule has 23 heavy (non-hydrogen) atoms. The van der Waals surface area contributed by atoms with Crippen molar-refractivity contribution in [3.8, 4) is 0 Å². The molecule has 0 N–H and O–H groups in total. The minimum absolute atomic E-state index is 0.180. The monoisotopic (exact) mass is 320 g/mol. The fourth-order valence-corrected chi connectivity index (χ4v) is 2.93. The molecule has 1 aliphatic heterocycles. The van der Waals surface area contributed by atoms with Gasteiger partial charge in [0.25, 0.3) is 5.91 Å². The second-order valence-electron chi connectivity index (χ2n) is 5.92. The Balaban J connectivity index is 1.58. The average molecular weight is 320 g/mol. The van der Waals surface area contributed by atoms with Crippen LogP contribution in [0, 0.1) is 17.6 Å². The number of aryl methyl sites for hydroxylation is 1. The van der Waals surface area contributed by atoms with Gasteiger partial charge in [0.2, 0.25) is 5.82 Å². The smallest absolute Gasteiger partial charge is 0.293 e. The summed E-state index contributed by atoms with van der Waals surface area (Å²) in [7, 11) is 1.71. The molecule has 7 heteroatoms. The van der Waals surface area contributed by atoms with Crippen LogP contribution in [0.3, 0.4) is 0 Å². The number of carbonyl (C=O) groups excluding carboxylic acids is 1. The number of likely N-dealkylation sites (tertiary alicyclic amines) is 1. The number of piperidine rings is 1. The maximum atomic E-state index is 13.7. The van der Waals surface area contributed by atoms with Crippen LogP contribution in [0.15, 0.2) is 24.5 Å². The van der Waals surface area contributed by atoms with Gasteiger partial charge >= 0.3 is 0 Å². The molecule has 0 radical (unpaired) electrons. The van der Waals surface area contributed by atoms with Crippen LogP contribution in [0.5, 0.6) is 0 Å². The van der Waals surface area contributed by atoms with Gasteiger partial charge in [0, 0.05) is 20.1 Å². The summed E-state index contributed by atoms with van der Waals surface area (Å²) in [5.74, 6) is -0.534. The Morgan fingerprint density at radius 3 is 2.70 bits per heavy atom. The third kappa shape index (κ3) is 3.55. The summed E-state index contributed by atoms with van der Waals surface area (Å²) in [6, 6.07) is 3.54. The lowest BCUT2D eigenvalue weighted by Crippen LogP contribution is -2.39. The topological polar surface area (TPSA) is 51.0 Å². The lowest BCUT2D eigenvalue weighted by Gasteiger charge is -2.31. The molecule has 1 fully saturated rings. The highest BCUT2D eigenvalue weighted by Crippen LogP contribution is 2.24. The largest absolute Gasteiger partial charge is 0.336 e. The molecule has 1 saturated heterocycles. The van der Waals surface area contributed by atoms with Crippen LogP contribution in [-0.2, 0) is 13.5 Å². The van der Waals surface area contributed by atoms with Crippen LogP contribution >= 0.6 is 0 Å². The molecule has 122 valence electrons. The van der Waals surface area contributed by atoms with Crippen molar-refractivity contribution in [3.63, 3.8) is 0 Å². The Morgan fingerprint density at radius 2 is 2.04 bits per heavy atom. The highest BCUT2D eigenvalue weighted by molar-refractivity contribution is 5.90. The van der Waals surface area contributed by atoms with Crippen molar-refractivity contribution in [2.75, 3.05) is 13.1 Å². The van der Waals surface area contributed by atoms with Crippen LogP contribution in [0.2, 0.25) is 0 Å². The number of halogens is 2. The highest BCUT2D eigenvalue weighted by Gasteiger charge is 2.26. The van der Waals surface area contributed by atoms with Crippen LogP contribution in [0.25, 0.3) is 0 Å². The maximum Gasteiger partial charge on any atom is 0.293 e. The van der Waals surface area contributed by atoms with Crippen LogP contribution in [0.1, 0.15) is 29.0 Å². The summed E-state index contributed by atoms with van der Waals surface area (Å²) >= 11 is 0. The van der Waals surface area contributed by atoms with Gasteiger partial charge in [0.15, 0.2) is 0 Å². The summed E-state index contributed by atoms with van der Waals surface area (Å²) in [6.07, 6.45) is 3.50. The second-order valence-corrected chi connectivity index (χ2v) is 5.92. The van der Waals surface area contributed by atoms with Gasteiger partial charge in [-0.05, 0) is 48.9 Å². The minimum atomic E-state index is -0.421. The van der Waals surface area contributed by atoms with Gasteiger partial charge in [-0.2, -0.15) is 0 Å². The standard InChI is InChI=1S/C16H18F2N4O/c1-21-10-19-15(20-21)16(23)22-6-4-11(5-7-22)8-12-9-13(17)2-3-14(12)18/h2-3,9-11H,4-8H2,1H3. The summed E-state index contributed by atoms with van der Waals surface area (Å²) in [5.41, 5.74) is 0.404. The molecule has 1 aliphatic rings. The summed E-state index contributed by atoms with van der Waals surface area (Å²) in [6.45, 7) is 1.16. The molecule has 0 bridgehead atoms. The summed E-state index contributed by atoms with van der Waals surface area (Å²) in [5, 5.41) is 4.02. The molecule has 0 spiro atoms. The molecule has 3 rings (SSSR count). The molecular formula is C16H18F2N4O. The number of rotatable bonds is 3. The quantitative estimate of drug-likeness (QED) is 0.871. The van der Waals surface area contributed by atoms with Gasteiger partial charge in [-0.25, -0.2) is 13.8 Å². The lowest BCUT2D eigenvalue weighted by molar-refractivity contribution is 0.0677. The van der Waals surface area contributed by atoms with E-state index < -0.39 is 5.82 Å². The van der Waals surface area contributed by atoms with Crippen LogP contribution in [0.4, 0.5) is 8.78 Å². The number of hydrogen-bond donors (Lipinski definition) is 0. The predicted molar refractivity (Wildman–Crippen MR) is 79.7 cm³/mol. The van der Waals surface area contributed by atoms with Gasteiger partial charge in [-0.15, -0.1) is 5.10 Å². The van der Waals surface area contributed by atoms with E-state index in [-0.39, 0.29) is 23.5 Å². The maximum absolute atomic E-state index is 13.7. The first kappa shape index (κ1) is 15.6. The first-order valence-electron chi connectivity index (χ1n) is 7.62. The normalized spacial score (nSPS) is 15.9. The Morgan fingerprint density at radius 1 is 1.30 bits per heavy atom. The Hall–Kier alpha value is -2.31. The molecule has 5 nitrogen and oxygen atoms in total. The van der Waals surface area contributed by atoms with E-state index >= 15 is 0 Å². The van der Waals surface area contributed by atoms with E-state index in [4.69, 9.17) is 0 Å². The first-order chi connectivity index (χ1) is 11.0. The molecule has 0 saturated carbocycles. The fourth-order valence-electron chi connectivity index (χ4n) is 2.93. The average Bonchev–Trinajstić information content (AvgIpc) is 2.97. The van der Waals surface area contributed by atoms with Crippen LogP contribution in [-0.4, -0.2) is 38.7 Å². The van der Waals surface area contributed by atoms with Crippen molar-refractivity contribution in [1.29, 1.82) is 0 Å². The zero-order valence-corrected chi connectivity index (χ0v) is 12.9. The van der Waals surface area contributed by atoms with Crippen LogP contribution < -0.4 is 0 Å². The Kier molecular flexibility index (Phi) is 4.36. The number of amides is 1. The van der Waals surface area contributed by atoms with E-state index in [0.717, 1.165) is 25.0 Å². The lowest BCUT2D eigenvalue weighted by atomic mass is 9.90. The molecule has 2 heterocycles. The van der Waals surface area contributed by atoms with Crippen molar-refractivity contribution < 1.29 is 13.6 Å². The predicted octanol–water partition coefficient (Wildman–Crippen LogP) is 2.19. The number of hydrogen-bond acceptors (Lipinski definition) is 3. The van der Waals surface area contributed by atoms with E-state index in [1.165, 1.54) is 17.1 Å². The summed E-state index contributed by atoms with van der Waals surface area (Å²) in [4.78, 5) is 17.9. The van der Waals surface area contributed by atoms with E-state index in [1.54, 1.807) is 11.9 Å². The van der Waals surface area contributed by atoms with Crippen molar-refractivity contribution in [1.82, 2.24) is 19.7 Å². The second kappa shape index (κ2) is 6.44. The third-order valence-electron chi connectivity index (χ3n) is 4.21. The number of aromatic nitrogens is 3.